The lowest BCUT2D eigenvalue weighted by Crippen LogP contribution is -1.87. The molecule has 0 N–H and O–H groups in total. The predicted octanol–water partition coefficient (Wildman–Crippen LogP) is 5.29. The summed E-state index contributed by atoms with van der Waals surface area (Å²) >= 11 is 13.3. The van der Waals surface area contributed by atoms with Crippen LogP contribution in [0.2, 0.25) is 5.02 Å². The summed E-state index contributed by atoms with van der Waals surface area (Å²) in [5.41, 5.74) is 0. The van der Waals surface area contributed by atoms with Gasteiger partial charge in [-0.05, 0) is 48.0 Å². The lowest BCUT2D eigenvalue weighted by atomic mass is 10.3. The van der Waals surface area contributed by atoms with Gasteiger partial charge >= 0.3 is 0 Å². The Hall–Kier alpha value is -0.310. The van der Waals surface area contributed by atoms with Crippen LogP contribution in [0.3, 0.4) is 0 Å². The van der Waals surface area contributed by atoms with Gasteiger partial charge in [0, 0.05) is 10.4 Å². The van der Waals surface area contributed by atoms with E-state index < -0.39 is 0 Å². The van der Waals surface area contributed by atoms with Crippen molar-refractivity contribution in [3.63, 3.8) is 0 Å². The Kier molecular flexibility index (Phi) is 6.78. The first-order valence-electron chi connectivity index (χ1n) is 5.13. The second-order valence-corrected chi connectivity index (χ2v) is 4.99. The van der Waals surface area contributed by atoms with Crippen LogP contribution in [0, 0.1) is 0 Å². The van der Waals surface area contributed by atoms with Crippen molar-refractivity contribution in [3.05, 3.63) is 39.9 Å². The van der Waals surface area contributed by atoms with Crippen LogP contribution in [-0.4, -0.2) is 5.75 Å². The SMILES string of the molecule is CCCCS/C=C(/Cl)Oc1ccc(Cl)cc1. The van der Waals surface area contributed by atoms with Crippen molar-refractivity contribution in [2.24, 2.45) is 0 Å². The summed E-state index contributed by atoms with van der Waals surface area (Å²) in [6.07, 6.45) is 2.38. The van der Waals surface area contributed by atoms with E-state index >= 15 is 0 Å². The molecular formula is C12H14Cl2OS. The molecule has 1 aromatic rings. The summed E-state index contributed by atoms with van der Waals surface area (Å²) in [5.74, 6) is 1.76. The van der Waals surface area contributed by atoms with E-state index in [4.69, 9.17) is 27.9 Å². The first-order valence-corrected chi connectivity index (χ1v) is 6.93. The standard InChI is InChI=1S/C12H14Cl2OS/c1-2-3-8-16-9-12(14)15-11-6-4-10(13)5-7-11/h4-7,9H,2-3,8H2,1H3/b12-9-. The number of rotatable bonds is 6. The van der Waals surface area contributed by atoms with Crippen LogP contribution in [0.25, 0.3) is 0 Å². The average molecular weight is 277 g/mol. The zero-order valence-electron chi connectivity index (χ0n) is 9.08. The normalized spacial score (nSPS) is 11.6. The number of hydrogen-bond donors (Lipinski definition) is 0. The minimum atomic E-state index is 0.392. The highest BCUT2D eigenvalue weighted by molar-refractivity contribution is 8.02. The smallest absolute Gasteiger partial charge is 0.200 e. The Morgan fingerprint density at radius 2 is 2.06 bits per heavy atom. The molecule has 16 heavy (non-hydrogen) atoms. The van der Waals surface area contributed by atoms with Crippen LogP contribution < -0.4 is 4.74 Å². The molecule has 1 nitrogen and oxygen atoms in total. The van der Waals surface area contributed by atoms with Crippen LogP contribution in [0.1, 0.15) is 19.8 Å². The maximum atomic E-state index is 5.92. The molecule has 1 aromatic carbocycles. The van der Waals surface area contributed by atoms with E-state index in [1.807, 2.05) is 5.41 Å². The molecule has 0 amide bonds. The van der Waals surface area contributed by atoms with Crippen molar-refractivity contribution in [3.8, 4) is 5.75 Å². The van der Waals surface area contributed by atoms with Gasteiger partial charge in [0.2, 0.25) is 0 Å². The number of halogens is 2. The topological polar surface area (TPSA) is 9.23 Å². The molecule has 0 saturated carbocycles. The zero-order chi connectivity index (χ0) is 11.8. The van der Waals surface area contributed by atoms with Crippen molar-refractivity contribution in [1.82, 2.24) is 0 Å². The third-order valence-electron chi connectivity index (χ3n) is 1.82. The molecule has 0 heterocycles. The minimum absolute atomic E-state index is 0.392. The van der Waals surface area contributed by atoms with E-state index in [1.165, 1.54) is 12.8 Å². The average Bonchev–Trinajstić information content (AvgIpc) is 2.28. The third kappa shape index (κ3) is 5.69. The largest absolute Gasteiger partial charge is 0.445 e. The molecule has 0 saturated heterocycles. The van der Waals surface area contributed by atoms with Crippen LogP contribution in [0.4, 0.5) is 0 Å². The Bertz CT molecular complexity index is 335. The van der Waals surface area contributed by atoms with Gasteiger partial charge in [-0.15, -0.1) is 11.8 Å². The number of hydrogen-bond acceptors (Lipinski definition) is 2. The third-order valence-corrected chi connectivity index (χ3v) is 3.29. The lowest BCUT2D eigenvalue weighted by molar-refractivity contribution is 0.464. The fourth-order valence-corrected chi connectivity index (χ4v) is 2.15. The van der Waals surface area contributed by atoms with E-state index in [-0.39, 0.29) is 0 Å². The maximum absolute atomic E-state index is 5.92. The summed E-state index contributed by atoms with van der Waals surface area (Å²) in [7, 11) is 0. The zero-order valence-corrected chi connectivity index (χ0v) is 11.4. The van der Waals surface area contributed by atoms with Crippen molar-refractivity contribution in [2.45, 2.75) is 19.8 Å². The van der Waals surface area contributed by atoms with Crippen molar-refractivity contribution in [2.75, 3.05) is 5.75 Å². The van der Waals surface area contributed by atoms with Crippen molar-refractivity contribution in [1.29, 1.82) is 0 Å². The van der Waals surface area contributed by atoms with Gasteiger partial charge in [-0.25, -0.2) is 0 Å². The van der Waals surface area contributed by atoms with E-state index in [0.717, 1.165) is 5.75 Å². The van der Waals surface area contributed by atoms with Gasteiger partial charge in [0.25, 0.3) is 0 Å². The molecule has 0 radical (unpaired) electrons. The van der Waals surface area contributed by atoms with Gasteiger partial charge in [-0.1, -0.05) is 24.9 Å². The summed E-state index contributed by atoms with van der Waals surface area (Å²) in [5, 5.41) is 2.90. The van der Waals surface area contributed by atoms with Crippen molar-refractivity contribution < 1.29 is 4.74 Å². The molecule has 0 atom stereocenters. The first-order chi connectivity index (χ1) is 7.72. The fourth-order valence-electron chi connectivity index (χ4n) is 0.991. The lowest BCUT2D eigenvalue weighted by Gasteiger charge is -2.03. The Labute approximate surface area is 111 Å². The molecule has 88 valence electrons. The Balaban J connectivity index is 2.38. The molecule has 1 rings (SSSR count). The Morgan fingerprint density at radius 1 is 1.38 bits per heavy atom. The maximum Gasteiger partial charge on any atom is 0.200 e. The first kappa shape index (κ1) is 13.8. The molecule has 0 aliphatic rings. The fraction of sp³-hybridized carbons (Fsp3) is 0.333. The molecule has 0 bridgehead atoms. The molecule has 4 heteroatoms. The quantitative estimate of drug-likeness (QED) is 0.516. The van der Waals surface area contributed by atoms with Crippen LogP contribution in [-0.2, 0) is 0 Å². The molecule has 0 unspecified atom stereocenters. The predicted molar refractivity (Wildman–Crippen MR) is 73.4 cm³/mol. The van der Waals surface area contributed by atoms with E-state index in [2.05, 4.69) is 6.92 Å². The van der Waals surface area contributed by atoms with Gasteiger partial charge < -0.3 is 4.74 Å². The summed E-state index contributed by atoms with van der Waals surface area (Å²) in [4.78, 5) is 0. The van der Waals surface area contributed by atoms with Crippen molar-refractivity contribution >= 4 is 35.0 Å². The molecule has 0 spiro atoms. The second-order valence-electron chi connectivity index (χ2n) is 3.20. The summed E-state index contributed by atoms with van der Waals surface area (Å²) in [6, 6.07) is 7.11. The number of unbranched alkanes of at least 4 members (excludes halogenated alkanes) is 1. The monoisotopic (exact) mass is 276 g/mol. The molecule has 0 aliphatic heterocycles. The van der Waals surface area contributed by atoms with Gasteiger partial charge in [-0.2, -0.15) is 0 Å². The molecular weight excluding hydrogens is 263 g/mol. The number of ether oxygens (including phenoxy) is 1. The molecule has 0 fully saturated rings. The molecule has 0 aromatic heterocycles. The van der Waals surface area contributed by atoms with Gasteiger partial charge in [0.15, 0.2) is 5.22 Å². The van der Waals surface area contributed by atoms with Crippen LogP contribution in [0.5, 0.6) is 5.75 Å². The highest BCUT2D eigenvalue weighted by atomic mass is 35.5. The van der Waals surface area contributed by atoms with E-state index in [1.54, 1.807) is 36.0 Å². The van der Waals surface area contributed by atoms with Crippen LogP contribution in [0.15, 0.2) is 34.9 Å². The molecule has 0 aliphatic carbocycles. The Morgan fingerprint density at radius 3 is 2.69 bits per heavy atom. The second kappa shape index (κ2) is 7.88. The van der Waals surface area contributed by atoms with Gasteiger partial charge in [0.05, 0.1) is 0 Å². The minimum Gasteiger partial charge on any atom is -0.445 e. The van der Waals surface area contributed by atoms with Crippen LogP contribution >= 0.6 is 35.0 Å². The summed E-state index contributed by atoms with van der Waals surface area (Å²) in [6.45, 7) is 2.16. The number of thioether (sulfide) groups is 1. The van der Waals surface area contributed by atoms with E-state index in [9.17, 15) is 0 Å². The van der Waals surface area contributed by atoms with Gasteiger partial charge in [0.1, 0.15) is 5.75 Å². The van der Waals surface area contributed by atoms with E-state index in [0.29, 0.717) is 16.0 Å². The number of benzene rings is 1. The summed E-state index contributed by atoms with van der Waals surface area (Å²) < 4.78 is 5.40. The highest BCUT2D eigenvalue weighted by Gasteiger charge is 1.97. The van der Waals surface area contributed by atoms with Gasteiger partial charge in [-0.3, -0.25) is 0 Å². The highest BCUT2D eigenvalue weighted by Crippen LogP contribution is 2.21.